The van der Waals surface area contributed by atoms with Gasteiger partial charge in [-0.25, -0.2) is 0 Å². The highest BCUT2D eigenvalue weighted by molar-refractivity contribution is 5.77. The van der Waals surface area contributed by atoms with E-state index in [9.17, 15) is 4.79 Å². The Labute approximate surface area is 98.6 Å². The Bertz CT molecular complexity index is 269. The summed E-state index contributed by atoms with van der Waals surface area (Å²) < 4.78 is 0. The molecular weight excluding hydrogens is 200 g/mol. The minimum atomic E-state index is 0.231. The summed E-state index contributed by atoms with van der Waals surface area (Å²) in [6, 6.07) is 0.474. The first kappa shape index (κ1) is 11.9. The van der Waals surface area contributed by atoms with Gasteiger partial charge in [-0.3, -0.25) is 4.79 Å². The molecule has 1 amide bonds. The Morgan fingerprint density at radius 2 is 2.00 bits per heavy atom. The highest BCUT2D eigenvalue weighted by Crippen LogP contribution is 2.35. The SMILES string of the molecule is C[C@@H]1C[C@H]1NC(=O)CC1(C)CCN(C)CC1. The Hall–Kier alpha value is -0.570. The summed E-state index contributed by atoms with van der Waals surface area (Å²) in [5, 5.41) is 3.13. The van der Waals surface area contributed by atoms with Crippen LogP contribution in [-0.4, -0.2) is 37.0 Å². The van der Waals surface area contributed by atoms with Crippen LogP contribution in [0.4, 0.5) is 0 Å². The Balaban J connectivity index is 1.77. The van der Waals surface area contributed by atoms with Crippen LogP contribution in [-0.2, 0) is 4.79 Å². The molecule has 0 aromatic heterocycles. The Kier molecular flexibility index (Phi) is 3.24. The normalized spacial score (nSPS) is 33.4. The van der Waals surface area contributed by atoms with Gasteiger partial charge in [-0.2, -0.15) is 0 Å². The third-order valence-electron chi connectivity index (χ3n) is 4.24. The number of hydrogen-bond donors (Lipinski definition) is 1. The fourth-order valence-electron chi connectivity index (χ4n) is 2.50. The Morgan fingerprint density at radius 1 is 1.44 bits per heavy atom. The maximum absolute atomic E-state index is 11.9. The van der Waals surface area contributed by atoms with Gasteiger partial charge >= 0.3 is 0 Å². The zero-order chi connectivity index (χ0) is 11.8. The van der Waals surface area contributed by atoms with Gasteiger partial charge in [0.05, 0.1) is 0 Å². The molecule has 0 aromatic carbocycles. The lowest BCUT2D eigenvalue weighted by molar-refractivity contribution is -0.124. The first-order valence-electron chi connectivity index (χ1n) is 6.46. The van der Waals surface area contributed by atoms with Crippen LogP contribution in [0.3, 0.4) is 0 Å². The minimum absolute atomic E-state index is 0.231. The third-order valence-corrected chi connectivity index (χ3v) is 4.24. The molecule has 1 aliphatic carbocycles. The number of likely N-dealkylation sites (tertiary alicyclic amines) is 1. The van der Waals surface area contributed by atoms with Gasteiger partial charge in [0, 0.05) is 12.5 Å². The average molecular weight is 224 g/mol. The van der Waals surface area contributed by atoms with Crippen molar-refractivity contribution < 1.29 is 4.79 Å². The quantitative estimate of drug-likeness (QED) is 0.790. The molecule has 1 heterocycles. The topological polar surface area (TPSA) is 32.3 Å². The molecule has 0 unspecified atom stereocenters. The molecule has 3 heteroatoms. The number of rotatable bonds is 3. The molecule has 1 aliphatic heterocycles. The van der Waals surface area contributed by atoms with Crippen molar-refractivity contribution in [2.24, 2.45) is 11.3 Å². The molecule has 1 saturated carbocycles. The van der Waals surface area contributed by atoms with Gasteiger partial charge in [0.25, 0.3) is 0 Å². The number of carbonyl (C=O) groups excluding carboxylic acids is 1. The molecule has 2 fully saturated rings. The van der Waals surface area contributed by atoms with Crippen molar-refractivity contribution in [3.8, 4) is 0 Å². The molecule has 1 saturated heterocycles. The van der Waals surface area contributed by atoms with E-state index in [2.05, 4.69) is 31.1 Å². The lowest BCUT2D eigenvalue weighted by Crippen LogP contribution is -2.40. The van der Waals surface area contributed by atoms with Crippen molar-refractivity contribution >= 4 is 5.91 Å². The number of amides is 1. The second-order valence-corrected chi connectivity index (χ2v) is 6.18. The van der Waals surface area contributed by atoms with Gasteiger partial charge in [-0.15, -0.1) is 0 Å². The van der Waals surface area contributed by atoms with Crippen LogP contribution in [0.15, 0.2) is 0 Å². The van der Waals surface area contributed by atoms with E-state index in [1.807, 2.05) is 0 Å². The van der Waals surface area contributed by atoms with Crippen molar-refractivity contribution in [1.82, 2.24) is 10.2 Å². The molecule has 0 radical (unpaired) electrons. The van der Waals surface area contributed by atoms with Crippen molar-refractivity contribution in [2.75, 3.05) is 20.1 Å². The van der Waals surface area contributed by atoms with E-state index in [0.29, 0.717) is 18.4 Å². The van der Waals surface area contributed by atoms with Gasteiger partial charge < -0.3 is 10.2 Å². The van der Waals surface area contributed by atoms with Crippen LogP contribution >= 0.6 is 0 Å². The number of hydrogen-bond acceptors (Lipinski definition) is 2. The average Bonchev–Trinajstić information content (AvgIpc) is 2.87. The second-order valence-electron chi connectivity index (χ2n) is 6.18. The lowest BCUT2D eigenvalue weighted by Gasteiger charge is -2.37. The van der Waals surface area contributed by atoms with Crippen LogP contribution in [0.5, 0.6) is 0 Å². The summed E-state index contributed by atoms with van der Waals surface area (Å²) in [6.07, 6.45) is 4.18. The summed E-state index contributed by atoms with van der Waals surface area (Å²) in [5.74, 6) is 0.968. The van der Waals surface area contributed by atoms with Crippen LogP contribution in [0, 0.1) is 11.3 Å². The second kappa shape index (κ2) is 4.36. The molecule has 0 spiro atoms. The largest absolute Gasteiger partial charge is 0.353 e. The summed E-state index contributed by atoms with van der Waals surface area (Å²) >= 11 is 0. The van der Waals surface area contributed by atoms with Gasteiger partial charge in [-0.05, 0) is 50.7 Å². The van der Waals surface area contributed by atoms with E-state index in [1.54, 1.807) is 0 Å². The summed E-state index contributed by atoms with van der Waals surface area (Å²) in [7, 11) is 2.16. The van der Waals surface area contributed by atoms with Crippen molar-refractivity contribution in [1.29, 1.82) is 0 Å². The maximum atomic E-state index is 11.9. The van der Waals surface area contributed by atoms with Crippen molar-refractivity contribution in [3.63, 3.8) is 0 Å². The smallest absolute Gasteiger partial charge is 0.220 e. The highest BCUT2D eigenvalue weighted by atomic mass is 16.1. The molecule has 2 aliphatic rings. The third kappa shape index (κ3) is 2.97. The number of nitrogens with zero attached hydrogens (tertiary/aromatic N) is 1. The summed E-state index contributed by atoms with van der Waals surface area (Å²) in [4.78, 5) is 14.2. The fraction of sp³-hybridized carbons (Fsp3) is 0.923. The van der Waals surface area contributed by atoms with Crippen molar-refractivity contribution in [3.05, 3.63) is 0 Å². The van der Waals surface area contributed by atoms with E-state index in [-0.39, 0.29) is 11.3 Å². The summed E-state index contributed by atoms with van der Waals surface area (Å²) in [6.45, 7) is 6.71. The van der Waals surface area contributed by atoms with E-state index in [4.69, 9.17) is 0 Å². The highest BCUT2D eigenvalue weighted by Gasteiger charge is 2.36. The molecule has 0 bridgehead atoms. The molecule has 16 heavy (non-hydrogen) atoms. The lowest BCUT2D eigenvalue weighted by atomic mass is 9.77. The van der Waals surface area contributed by atoms with Gasteiger partial charge in [0.15, 0.2) is 0 Å². The van der Waals surface area contributed by atoms with Gasteiger partial charge in [-0.1, -0.05) is 13.8 Å². The predicted octanol–water partition coefficient (Wildman–Crippen LogP) is 1.63. The maximum Gasteiger partial charge on any atom is 0.220 e. The van der Waals surface area contributed by atoms with E-state index < -0.39 is 0 Å². The monoisotopic (exact) mass is 224 g/mol. The van der Waals surface area contributed by atoms with Gasteiger partial charge in [0.1, 0.15) is 0 Å². The minimum Gasteiger partial charge on any atom is -0.353 e. The first-order chi connectivity index (χ1) is 7.48. The molecule has 0 aromatic rings. The van der Waals surface area contributed by atoms with Crippen LogP contribution in [0.25, 0.3) is 0 Å². The molecular formula is C13H24N2O. The van der Waals surface area contributed by atoms with E-state index >= 15 is 0 Å². The van der Waals surface area contributed by atoms with E-state index in [1.165, 1.54) is 6.42 Å². The molecule has 1 N–H and O–H groups in total. The van der Waals surface area contributed by atoms with Crippen molar-refractivity contribution in [2.45, 2.75) is 45.6 Å². The predicted molar refractivity (Wildman–Crippen MR) is 65.2 cm³/mol. The molecule has 3 nitrogen and oxygen atoms in total. The van der Waals surface area contributed by atoms with Gasteiger partial charge in [0.2, 0.25) is 5.91 Å². The molecule has 2 rings (SSSR count). The zero-order valence-corrected chi connectivity index (χ0v) is 10.8. The number of piperidine rings is 1. The molecule has 92 valence electrons. The van der Waals surface area contributed by atoms with E-state index in [0.717, 1.165) is 25.9 Å². The summed E-state index contributed by atoms with van der Waals surface area (Å²) in [5.41, 5.74) is 0.231. The number of carbonyl (C=O) groups is 1. The van der Waals surface area contributed by atoms with Crippen LogP contribution in [0.1, 0.15) is 39.5 Å². The van der Waals surface area contributed by atoms with Crippen LogP contribution in [0.2, 0.25) is 0 Å². The Morgan fingerprint density at radius 3 is 2.50 bits per heavy atom. The fourth-order valence-corrected chi connectivity index (χ4v) is 2.50. The first-order valence-corrected chi connectivity index (χ1v) is 6.46. The zero-order valence-electron chi connectivity index (χ0n) is 10.8. The standard InChI is InChI=1S/C13H24N2O/c1-10-8-11(10)14-12(16)9-13(2)4-6-15(3)7-5-13/h10-11H,4-9H2,1-3H3,(H,14,16)/t10-,11-/m1/s1. The molecule has 2 atom stereocenters. The number of nitrogens with one attached hydrogen (secondary N) is 1. The van der Waals surface area contributed by atoms with Crippen LogP contribution < -0.4 is 5.32 Å².